The van der Waals surface area contributed by atoms with E-state index in [1.54, 1.807) is 0 Å². The van der Waals surface area contributed by atoms with Crippen LogP contribution >= 0.6 is 0 Å². The zero-order chi connectivity index (χ0) is 14.1. The van der Waals surface area contributed by atoms with E-state index in [1.807, 2.05) is 45.9 Å². The molecule has 1 saturated heterocycles. The van der Waals surface area contributed by atoms with Crippen LogP contribution < -0.4 is 0 Å². The van der Waals surface area contributed by atoms with Crippen molar-refractivity contribution in [3.05, 3.63) is 35.9 Å². The van der Waals surface area contributed by atoms with E-state index in [1.165, 1.54) is 5.56 Å². The molecule has 1 atom stereocenters. The minimum Gasteiger partial charge on any atom is -0.459 e. The van der Waals surface area contributed by atoms with Gasteiger partial charge in [-0.25, -0.2) is 0 Å². The molecule has 1 fully saturated rings. The molecule has 0 aromatic heterocycles. The Bertz CT molecular complexity index is 450. The number of nitrogens with zero attached hydrogens (tertiary/aromatic N) is 1. The van der Waals surface area contributed by atoms with E-state index in [-0.39, 0.29) is 5.97 Å². The van der Waals surface area contributed by atoms with Crippen LogP contribution in [0.25, 0.3) is 0 Å². The molecule has 0 spiro atoms. The van der Waals surface area contributed by atoms with Crippen LogP contribution in [0, 0.1) is 0 Å². The Balaban J connectivity index is 2.02. The number of hydrogen-bond donors (Lipinski definition) is 0. The van der Waals surface area contributed by atoms with E-state index < -0.39 is 11.1 Å². The SMILES string of the molecule is CC(C)(C)OC(=O)C1(C)CCN1Cc1ccccc1. The maximum absolute atomic E-state index is 12.3. The first-order chi connectivity index (χ1) is 8.81. The van der Waals surface area contributed by atoms with E-state index >= 15 is 0 Å². The second kappa shape index (κ2) is 4.97. The Morgan fingerprint density at radius 1 is 1.32 bits per heavy atom. The first-order valence-corrected chi connectivity index (χ1v) is 6.84. The lowest BCUT2D eigenvalue weighted by molar-refractivity contribution is -0.178. The molecule has 1 heterocycles. The average Bonchev–Trinajstić information content (AvgIpc) is 2.33. The number of esters is 1. The van der Waals surface area contributed by atoms with E-state index in [2.05, 4.69) is 17.0 Å². The zero-order valence-corrected chi connectivity index (χ0v) is 12.3. The van der Waals surface area contributed by atoms with Crippen molar-refractivity contribution in [1.82, 2.24) is 4.90 Å². The van der Waals surface area contributed by atoms with Crippen LogP contribution in [-0.4, -0.2) is 28.6 Å². The van der Waals surface area contributed by atoms with Gasteiger partial charge >= 0.3 is 5.97 Å². The minimum absolute atomic E-state index is 0.109. The molecule has 1 aliphatic rings. The van der Waals surface area contributed by atoms with Gasteiger partial charge in [0.15, 0.2) is 0 Å². The number of benzene rings is 1. The van der Waals surface area contributed by atoms with Crippen molar-refractivity contribution in [2.75, 3.05) is 6.54 Å². The Morgan fingerprint density at radius 2 is 1.95 bits per heavy atom. The number of rotatable bonds is 3. The van der Waals surface area contributed by atoms with Crippen molar-refractivity contribution in [2.24, 2.45) is 0 Å². The van der Waals surface area contributed by atoms with Crippen LogP contribution in [-0.2, 0) is 16.1 Å². The van der Waals surface area contributed by atoms with E-state index in [0.29, 0.717) is 0 Å². The summed E-state index contributed by atoms with van der Waals surface area (Å²) in [4.78, 5) is 14.5. The van der Waals surface area contributed by atoms with Gasteiger partial charge in [-0.1, -0.05) is 30.3 Å². The van der Waals surface area contributed by atoms with Crippen LogP contribution in [0.1, 0.15) is 39.7 Å². The predicted octanol–water partition coefficient (Wildman–Crippen LogP) is 2.99. The van der Waals surface area contributed by atoms with E-state index in [0.717, 1.165) is 19.5 Å². The van der Waals surface area contributed by atoms with Crippen molar-refractivity contribution >= 4 is 5.97 Å². The molecule has 0 N–H and O–H groups in total. The number of carbonyl (C=O) groups is 1. The molecular formula is C16H23NO2. The minimum atomic E-state index is -0.469. The molecule has 1 unspecified atom stereocenters. The molecule has 104 valence electrons. The van der Waals surface area contributed by atoms with Gasteiger partial charge < -0.3 is 4.74 Å². The highest BCUT2D eigenvalue weighted by Gasteiger charge is 2.48. The topological polar surface area (TPSA) is 29.5 Å². The normalized spacial score (nSPS) is 23.8. The molecule has 0 saturated carbocycles. The highest BCUT2D eigenvalue weighted by atomic mass is 16.6. The summed E-state index contributed by atoms with van der Waals surface area (Å²) in [6, 6.07) is 10.2. The largest absolute Gasteiger partial charge is 0.459 e. The Morgan fingerprint density at radius 3 is 2.42 bits per heavy atom. The standard InChI is InChI=1S/C16H23NO2/c1-15(2,3)19-14(18)16(4)10-11-17(16)12-13-8-6-5-7-9-13/h5-9H,10-12H2,1-4H3. The number of hydrogen-bond acceptors (Lipinski definition) is 3. The Kier molecular flexibility index (Phi) is 3.68. The summed E-state index contributed by atoms with van der Waals surface area (Å²) in [6.45, 7) is 9.46. The summed E-state index contributed by atoms with van der Waals surface area (Å²) in [6.07, 6.45) is 0.870. The number of likely N-dealkylation sites (tertiary alicyclic amines) is 1. The van der Waals surface area contributed by atoms with Crippen molar-refractivity contribution in [3.8, 4) is 0 Å². The van der Waals surface area contributed by atoms with Gasteiger partial charge in [0.1, 0.15) is 11.1 Å². The molecule has 19 heavy (non-hydrogen) atoms. The van der Waals surface area contributed by atoms with Gasteiger partial charge in [-0.15, -0.1) is 0 Å². The molecule has 0 amide bonds. The molecule has 3 nitrogen and oxygen atoms in total. The quantitative estimate of drug-likeness (QED) is 0.783. The first-order valence-electron chi connectivity index (χ1n) is 6.84. The number of carbonyl (C=O) groups excluding carboxylic acids is 1. The van der Waals surface area contributed by atoms with Crippen LogP contribution in [0.2, 0.25) is 0 Å². The van der Waals surface area contributed by atoms with Crippen molar-refractivity contribution < 1.29 is 9.53 Å². The summed E-state index contributed by atoms with van der Waals surface area (Å²) in [7, 11) is 0. The first kappa shape index (κ1) is 14.1. The summed E-state index contributed by atoms with van der Waals surface area (Å²) < 4.78 is 5.53. The molecular weight excluding hydrogens is 238 g/mol. The summed E-state index contributed by atoms with van der Waals surface area (Å²) >= 11 is 0. The molecule has 2 rings (SSSR count). The highest BCUT2D eigenvalue weighted by Crippen LogP contribution is 2.34. The van der Waals surface area contributed by atoms with Crippen molar-refractivity contribution in [3.63, 3.8) is 0 Å². The maximum atomic E-state index is 12.3. The van der Waals surface area contributed by atoms with Gasteiger partial charge in [0, 0.05) is 13.1 Å². The summed E-state index contributed by atoms with van der Waals surface area (Å²) in [5, 5.41) is 0. The van der Waals surface area contributed by atoms with Crippen LogP contribution in [0.15, 0.2) is 30.3 Å². The Hall–Kier alpha value is -1.35. The lowest BCUT2D eigenvalue weighted by atomic mass is 9.86. The molecule has 0 aliphatic carbocycles. The summed E-state index contributed by atoms with van der Waals surface area (Å²) in [5.41, 5.74) is 0.342. The molecule has 1 aliphatic heterocycles. The highest BCUT2D eigenvalue weighted by molar-refractivity contribution is 5.81. The lowest BCUT2D eigenvalue weighted by Gasteiger charge is -2.49. The van der Waals surface area contributed by atoms with Gasteiger partial charge in [0.05, 0.1) is 0 Å². The van der Waals surface area contributed by atoms with Gasteiger partial charge in [0.2, 0.25) is 0 Å². The summed E-state index contributed by atoms with van der Waals surface area (Å²) in [5.74, 6) is -0.109. The molecule has 1 aromatic rings. The molecule has 1 aromatic carbocycles. The second-order valence-electron chi connectivity index (χ2n) is 6.43. The van der Waals surface area contributed by atoms with Gasteiger partial charge in [-0.3, -0.25) is 9.69 Å². The average molecular weight is 261 g/mol. The number of ether oxygens (including phenoxy) is 1. The van der Waals surface area contributed by atoms with Gasteiger partial charge in [0.25, 0.3) is 0 Å². The third-order valence-corrected chi connectivity index (χ3v) is 3.62. The smallest absolute Gasteiger partial charge is 0.326 e. The van der Waals surface area contributed by atoms with Crippen LogP contribution in [0.3, 0.4) is 0 Å². The fourth-order valence-corrected chi connectivity index (χ4v) is 2.28. The maximum Gasteiger partial charge on any atom is 0.326 e. The van der Waals surface area contributed by atoms with Crippen LogP contribution in [0.5, 0.6) is 0 Å². The fraction of sp³-hybridized carbons (Fsp3) is 0.562. The van der Waals surface area contributed by atoms with Gasteiger partial charge in [-0.05, 0) is 39.7 Å². The lowest BCUT2D eigenvalue weighted by Crippen LogP contribution is -2.63. The molecule has 3 heteroatoms. The fourth-order valence-electron chi connectivity index (χ4n) is 2.28. The van der Waals surface area contributed by atoms with E-state index in [9.17, 15) is 4.79 Å². The van der Waals surface area contributed by atoms with Crippen molar-refractivity contribution in [2.45, 2.75) is 51.8 Å². The third kappa shape index (κ3) is 3.16. The van der Waals surface area contributed by atoms with Gasteiger partial charge in [-0.2, -0.15) is 0 Å². The second-order valence-corrected chi connectivity index (χ2v) is 6.43. The molecule has 0 bridgehead atoms. The predicted molar refractivity (Wildman–Crippen MR) is 75.7 cm³/mol. The third-order valence-electron chi connectivity index (χ3n) is 3.62. The van der Waals surface area contributed by atoms with E-state index in [4.69, 9.17) is 4.74 Å². The Labute approximate surface area is 115 Å². The van der Waals surface area contributed by atoms with Crippen molar-refractivity contribution in [1.29, 1.82) is 0 Å². The zero-order valence-electron chi connectivity index (χ0n) is 12.3. The molecule has 0 radical (unpaired) electrons. The van der Waals surface area contributed by atoms with Crippen LogP contribution in [0.4, 0.5) is 0 Å². The monoisotopic (exact) mass is 261 g/mol.